The number of rotatable bonds is 4. The van der Waals surface area contributed by atoms with E-state index in [0.29, 0.717) is 0 Å². The van der Waals surface area contributed by atoms with Crippen LogP contribution >= 0.6 is 0 Å². The minimum absolute atomic E-state index is 0.0845. The molecule has 0 saturated carbocycles. The van der Waals surface area contributed by atoms with Gasteiger partial charge in [-0.1, -0.05) is 74.9 Å². The maximum Gasteiger partial charge on any atom is 0.190 e. The molecule has 1 N–H and O–H groups in total. The van der Waals surface area contributed by atoms with Gasteiger partial charge in [-0.3, -0.25) is 15.1 Å². The van der Waals surface area contributed by atoms with Crippen molar-refractivity contribution in [1.29, 1.82) is 0 Å². The van der Waals surface area contributed by atoms with Crippen molar-refractivity contribution >= 4 is 11.5 Å². The summed E-state index contributed by atoms with van der Waals surface area (Å²) in [6.07, 6.45) is 6.01. The second kappa shape index (κ2) is 8.59. The number of piperidine rings is 1. The van der Waals surface area contributed by atoms with Crippen LogP contribution in [0.25, 0.3) is 5.70 Å². The molecule has 4 rings (SSSR count). The molecule has 0 bridgehead atoms. The van der Waals surface area contributed by atoms with E-state index in [9.17, 15) is 4.79 Å². The number of benzene rings is 2. The molecule has 168 valence electrons. The van der Waals surface area contributed by atoms with Crippen molar-refractivity contribution in [2.45, 2.75) is 58.5 Å². The first-order chi connectivity index (χ1) is 15.2. The molecule has 2 heterocycles. The standard InChI is InChI=1S/C28H34N2O2/c1-20-6-8-22(9-7-20)25-18-28(32-29-25)14-16-30(17-15-28)19-21(2)26(31)23-10-12-24(13-11-23)27(3,4)5/h6-13,18-19,29H,14-17H2,1-5H3. The molecule has 1 spiro atoms. The van der Waals surface area contributed by atoms with E-state index < -0.39 is 0 Å². The summed E-state index contributed by atoms with van der Waals surface area (Å²) in [5.41, 5.74) is 9.13. The van der Waals surface area contributed by atoms with Gasteiger partial charge < -0.3 is 4.90 Å². The number of carbonyl (C=O) groups is 1. The Labute approximate surface area is 191 Å². The SMILES string of the molecule is CC(=CN1CCC2(C=C(c3ccc(C)cc3)NO2)CC1)C(=O)c1ccc(C(C)(C)C)cc1. The highest BCUT2D eigenvalue weighted by Crippen LogP contribution is 2.35. The molecule has 4 nitrogen and oxygen atoms in total. The first kappa shape index (κ1) is 22.3. The predicted octanol–water partition coefficient (Wildman–Crippen LogP) is 5.79. The van der Waals surface area contributed by atoms with Crippen molar-refractivity contribution < 1.29 is 9.63 Å². The average molecular weight is 431 g/mol. The summed E-state index contributed by atoms with van der Waals surface area (Å²) in [6.45, 7) is 12.3. The molecule has 0 radical (unpaired) electrons. The molecule has 2 aromatic rings. The summed E-state index contributed by atoms with van der Waals surface area (Å²) in [7, 11) is 0. The number of ketones is 1. The molecule has 2 aromatic carbocycles. The zero-order chi connectivity index (χ0) is 22.9. The second-order valence-electron chi connectivity index (χ2n) is 10.2. The van der Waals surface area contributed by atoms with E-state index in [2.05, 4.69) is 80.5 Å². The van der Waals surface area contributed by atoms with Gasteiger partial charge in [0.05, 0.1) is 5.70 Å². The van der Waals surface area contributed by atoms with E-state index in [4.69, 9.17) is 4.84 Å². The number of nitrogens with zero attached hydrogens (tertiary/aromatic N) is 1. The number of hydrogen-bond donors (Lipinski definition) is 1. The highest BCUT2D eigenvalue weighted by Gasteiger charge is 2.38. The van der Waals surface area contributed by atoms with Gasteiger partial charge in [-0.05, 0) is 36.5 Å². The number of carbonyl (C=O) groups excluding carboxylic acids is 1. The molecule has 0 unspecified atom stereocenters. The third-order valence-corrected chi connectivity index (χ3v) is 6.53. The molecule has 0 atom stereocenters. The molecular weight excluding hydrogens is 396 g/mol. The Hall–Kier alpha value is -2.85. The summed E-state index contributed by atoms with van der Waals surface area (Å²) in [6, 6.07) is 16.5. The lowest BCUT2D eigenvalue weighted by molar-refractivity contribution is -0.0640. The van der Waals surface area contributed by atoms with Gasteiger partial charge in [-0.15, -0.1) is 0 Å². The molecule has 1 saturated heterocycles. The average Bonchev–Trinajstić information content (AvgIpc) is 3.18. The van der Waals surface area contributed by atoms with E-state index in [1.807, 2.05) is 25.3 Å². The molecule has 32 heavy (non-hydrogen) atoms. The van der Waals surface area contributed by atoms with Crippen molar-refractivity contribution in [2.75, 3.05) is 13.1 Å². The van der Waals surface area contributed by atoms with Gasteiger partial charge in [-0.2, -0.15) is 0 Å². The van der Waals surface area contributed by atoms with Gasteiger partial charge in [0.2, 0.25) is 0 Å². The minimum Gasteiger partial charge on any atom is -0.377 e. The largest absolute Gasteiger partial charge is 0.377 e. The zero-order valence-electron chi connectivity index (χ0n) is 19.9. The Morgan fingerprint density at radius 1 is 1.03 bits per heavy atom. The third kappa shape index (κ3) is 4.81. The predicted molar refractivity (Wildman–Crippen MR) is 130 cm³/mol. The van der Waals surface area contributed by atoms with Crippen LogP contribution in [0.15, 0.2) is 66.4 Å². The molecule has 0 aromatic heterocycles. The number of nitrogens with one attached hydrogen (secondary N) is 1. The molecule has 4 heteroatoms. The Kier molecular flexibility index (Phi) is 6.00. The van der Waals surface area contributed by atoms with E-state index in [1.165, 1.54) is 11.1 Å². The lowest BCUT2D eigenvalue weighted by Gasteiger charge is -2.36. The van der Waals surface area contributed by atoms with Crippen molar-refractivity contribution in [3.63, 3.8) is 0 Å². The topological polar surface area (TPSA) is 41.6 Å². The summed E-state index contributed by atoms with van der Waals surface area (Å²) in [5, 5.41) is 0. The Morgan fingerprint density at radius 3 is 2.25 bits per heavy atom. The quantitative estimate of drug-likeness (QED) is 0.492. The van der Waals surface area contributed by atoms with Gasteiger partial charge in [0.1, 0.15) is 5.60 Å². The fourth-order valence-corrected chi connectivity index (χ4v) is 4.31. The highest BCUT2D eigenvalue weighted by atomic mass is 16.7. The van der Waals surface area contributed by atoms with Crippen LogP contribution in [0, 0.1) is 6.92 Å². The zero-order valence-corrected chi connectivity index (χ0v) is 19.9. The van der Waals surface area contributed by atoms with E-state index >= 15 is 0 Å². The number of aryl methyl sites for hydroxylation is 1. The lowest BCUT2D eigenvalue weighted by atomic mass is 9.86. The normalized spacial score (nSPS) is 18.5. The number of Topliss-reactive ketones (excluding diaryl/α,β-unsaturated/α-hetero) is 1. The second-order valence-corrected chi connectivity index (χ2v) is 10.2. The van der Waals surface area contributed by atoms with Crippen LogP contribution in [-0.2, 0) is 10.3 Å². The van der Waals surface area contributed by atoms with Crippen LogP contribution in [-0.4, -0.2) is 29.4 Å². The fourth-order valence-electron chi connectivity index (χ4n) is 4.31. The summed E-state index contributed by atoms with van der Waals surface area (Å²) >= 11 is 0. The summed E-state index contributed by atoms with van der Waals surface area (Å²) in [4.78, 5) is 21.2. The molecule has 2 aliphatic rings. The van der Waals surface area contributed by atoms with Gasteiger partial charge in [0, 0.05) is 43.3 Å². The summed E-state index contributed by atoms with van der Waals surface area (Å²) in [5.74, 6) is 0.0890. The highest BCUT2D eigenvalue weighted by molar-refractivity contribution is 6.08. The van der Waals surface area contributed by atoms with Crippen LogP contribution in [0.4, 0.5) is 0 Å². The van der Waals surface area contributed by atoms with Gasteiger partial charge in [0.25, 0.3) is 0 Å². The van der Waals surface area contributed by atoms with Crippen molar-refractivity contribution in [3.8, 4) is 0 Å². The fraction of sp³-hybridized carbons (Fsp3) is 0.393. The van der Waals surface area contributed by atoms with Crippen molar-refractivity contribution in [2.24, 2.45) is 0 Å². The maximum atomic E-state index is 12.9. The number of hydroxylamine groups is 1. The smallest absolute Gasteiger partial charge is 0.190 e. The van der Waals surface area contributed by atoms with Crippen molar-refractivity contribution in [3.05, 3.63) is 88.6 Å². The molecule has 1 fully saturated rings. The van der Waals surface area contributed by atoms with Gasteiger partial charge >= 0.3 is 0 Å². The summed E-state index contributed by atoms with van der Waals surface area (Å²) < 4.78 is 0. The molecular formula is C28H34N2O2. The first-order valence-corrected chi connectivity index (χ1v) is 11.5. The van der Waals surface area contributed by atoms with Gasteiger partial charge in [-0.25, -0.2) is 0 Å². The van der Waals surface area contributed by atoms with Crippen molar-refractivity contribution in [1.82, 2.24) is 10.4 Å². The van der Waals surface area contributed by atoms with E-state index in [1.54, 1.807) is 0 Å². The maximum absolute atomic E-state index is 12.9. The number of hydrogen-bond acceptors (Lipinski definition) is 4. The van der Waals surface area contributed by atoms with Crippen LogP contribution < -0.4 is 5.48 Å². The third-order valence-electron chi connectivity index (χ3n) is 6.53. The Bertz CT molecular complexity index is 1030. The molecule has 0 amide bonds. The molecule has 0 aliphatic carbocycles. The monoisotopic (exact) mass is 430 g/mol. The Morgan fingerprint density at radius 2 is 1.66 bits per heavy atom. The van der Waals surface area contributed by atoms with Crippen LogP contribution in [0.1, 0.15) is 67.6 Å². The Balaban J connectivity index is 1.39. The number of allylic oxidation sites excluding steroid dienone is 1. The molecule has 2 aliphatic heterocycles. The van der Waals surface area contributed by atoms with Crippen LogP contribution in [0.5, 0.6) is 0 Å². The minimum atomic E-state index is -0.273. The number of likely N-dealkylation sites (tertiary alicyclic amines) is 1. The lowest BCUT2D eigenvalue weighted by Crippen LogP contribution is -2.42. The van der Waals surface area contributed by atoms with E-state index in [-0.39, 0.29) is 16.8 Å². The van der Waals surface area contributed by atoms with Gasteiger partial charge in [0.15, 0.2) is 5.78 Å². The van der Waals surface area contributed by atoms with E-state index in [0.717, 1.165) is 48.3 Å². The van der Waals surface area contributed by atoms with Crippen LogP contribution in [0.3, 0.4) is 0 Å². The van der Waals surface area contributed by atoms with Crippen LogP contribution in [0.2, 0.25) is 0 Å². The first-order valence-electron chi connectivity index (χ1n) is 11.5.